The monoisotopic (exact) mass is 536 g/mol. The largest absolute Gasteiger partial charge is 0.493 e. The number of methoxy groups -OCH3 is 3. The quantitative estimate of drug-likeness (QED) is 0.404. The van der Waals surface area contributed by atoms with Crippen LogP contribution in [0, 0.1) is 0 Å². The predicted octanol–water partition coefficient (Wildman–Crippen LogP) is 4.48. The number of furan rings is 1. The number of carbonyl (C=O) groups excluding carboxylic acids is 2. The summed E-state index contributed by atoms with van der Waals surface area (Å²) in [5.41, 5.74) is 1.26. The molecule has 0 saturated heterocycles. The van der Waals surface area contributed by atoms with E-state index >= 15 is 0 Å². The lowest BCUT2D eigenvalue weighted by molar-refractivity contribution is -0.126. The summed E-state index contributed by atoms with van der Waals surface area (Å²) in [7, 11) is 4.52. The molecule has 0 bridgehead atoms. The number of ether oxygens (including phenoxy) is 5. The molecule has 3 aromatic rings. The first kappa shape index (κ1) is 26.3. The van der Waals surface area contributed by atoms with E-state index in [1.54, 1.807) is 30.3 Å². The van der Waals surface area contributed by atoms with Crippen molar-refractivity contribution < 1.29 is 37.7 Å². The highest BCUT2D eigenvalue weighted by Crippen LogP contribution is 2.42. The zero-order chi connectivity index (χ0) is 27.4. The van der Waals surface area contributed by atoms with E-state index in [1.807, 2.05) is 12.1 Å². The lowest BCUT2D eigenvalue weighted by atomic mass is 10.0. The molecule has 0 spiro atoms. The number of fused-ring (bicyclic) bond motifs is 1. The summed E-state index contributed by atoms with van der Waals surface area (Å²) < 4.78 is 33.1. The average molecular weight is 537 g/mol. The van der Waals surface area contributed by atoms with Gasteiger partial charge in [-0.3, -0.25) is 9.59 Å². The average Bonchev–Trinajstić information content (AvgIpc) is 3.74. The second-order valence-electron chi connectivity index (χ2n) is 9.45. The number of rotatable bonds is 10. The first-order chi connectivity index (χ1) is 19.0. The van der Waals surface area contributed by atoms with Gasteiger partial charge < -0.3 is 38.3 Å². The van der Waals surface area contributed by atoms with E-state index in [-0.39, 0.29) is 31.0 Å². The van der Waals surface area contributed by atoms with Crippen LogP contribution in [0.5, 0.6) is 28.7 Å². The zero-order valence-electron chi connectivity index (χ0n) is 22.2. The fourth-order valence-corrected chi connectivity index (χ4v) is 5.14. The third-order valence-electron chi connectivity index (χ3n) is 7.05. The molecule has 1 unspecified atom stereocenters. The van der Waals surface area contributed by atoms with Gasteiger partial charge in [0.05, 0.1) is 27.6 Å². The van der Waals surface area contributed by atoms with E-state index in [2.05, 4.69) is 5.32 Å². The highest BCUT2D eigenvalue weighted by molar-refractivity contribution is 5.96. The Bertz CT molecular complexity index is 1290. The molecule has 0 radical (unpaired) electrons. The van der Waals surface area contributed by atoms with Crippen molar-refractivity contribution in [2.45, 2.75) is 44.3 Å². The molecule has 2 heterocycles. The van der Waals surface area contributed by atoms with Crippen molar-refractivity contribution in [2.24, 2.45) is 0 Å². The van der Waals surface area contributed by atoms with Crippen molar-refractivity contribution in [1.82, 2.24) is 10.2 Å². The molecular formula is C29H32N2O8. The van der Waals surface area contributed by atoms with E-state index in [9.17, 15) is 9.59 Å². The minimum Gasteiger partial charge on any atom is -0.493 e. The number of benzene rings is 2. The van der Waals surface area contributed by atoms with Gasteiger partial charge >= 0.3 is 0 Å². The van der Waals surface area contributed by atoms with Crippen LogP contribution in [0.2, 0.25) is 0 Å². The maximum absolute atomic E-state index is 14.1. The SMILES string of the molecule is COc1cc(C(C(=O)NC2CCCC2)N(Cc2ccc3c(c2)OCO3)C(=O)c2ccco2)cc(OC)c1OC. The van der Waals surface area contributed by atoms with Gasteiger partial charge in [0.25, 0.3) is 5.91 Å². The molecule has 1 fully saturated rings. The first-order valence-corrected chi connectivity index (χ1v) is 12.9. The van der Waals surface area contributed by atoms with Crippen molar-refractivity contribution in [3.63, 3.8) is 0 Å². The Hall–Kier alpha value is -4.34. The molecule has 1 aliphatic carbocycles. The summed E-state index contributed by atoms with van der Waals surface area (Å²) in [6, 6.07) is 11.1. The van der Waals surface area contributed by atoms with Gasteiger partial charge in [0.15, 0.2) is 28.8 Å². The third-order valence-corrected chi connectivity index (χ3v) is 7.05. The summed E-state index contributed by atoms with van der Waals surface area (Å²) in [6.45, 7) is 0.223. The zero-order valence-corrected chi connectivity index (χ0v) is 22.2. The van der Waals surface area contributed by atoms with Crippen LogP contribution in [0.3, 0.4) is 0 Å². The van der Waals surface area contributed by atoms with Crippen LogP contribution < -0.4 is 29.0 Å². The lowest BCUT2D eigenvalue weighted by Crippen LogP contribution is -2.45. The van der Waals surface area contributed by atoms with Crippen LogP contribution >= 0.6 is 0 Å². The Balaban J connectivity index is 1.61. The molecule has 1 atom stereocenters. The van der Waals surface area contributed by atoms with E-state index in [1.165, 1.54) is 32.5 Å². The summed E-state index contributed by atoms with van der Waals surface area (Å²) in [5, 5.41) is 3.17. The van der Waals surface area contributed by atoms with Crippen LogP contribution in [0.25, 0.3) is 0 Å². The van der Waals surface area contributed by atoms with Crippen molar-refractivity contribution >= 4 is 11.8 Å². The molecule has 2 aliphatic rings. The number of nitrogens with one attached hydrogen (secondary N) is 1. The molecule has 1 aliphatic heterocycles. The summed E-state index contributed by atoms with van der Waals surface area (Å²) in [5.74, 6) is 1.70. The summed E-state index contributed by atoms with van der Waals surface area (Å²) >= 11 is 0. The van der Waals surface area contributed by atoms with Crippen molar-refractivity contribution in [3.05, 3.63) is 65.6 Å². The van der Waals surface area contributed by atoms with Crippen LogP contribution in [-0.4, -0.2) is 50.9 Å². The van der Waals surface area contributed by atoms with E-state index < -0.39 is 11.9 Å². The third kappa shape index (κ3) is 5.45. The van der Waals surface area contributed by atoms with Gasteiger partial charge in [0, 0.05) is 12.6 Å². The molecule has 2 aromatic carbocycles. The fraction of sp³-hybridized carbons (Fsp3) is 0.379. The van der Waals surface area contributed by atoms with E-state index in [4.69, 9.17) is 28.1 Å². The van der Waals surface area contributed by atoms with Crippen LogP contribution in [0.15, 0.2) is 53.1 Å². The molecule has 39 heavy (non-hydrogen) atoms. The van der Waals surface area contributed by atoms with Crippen molar-refractivity contribution in [2.75, 3.05) is 28.1 Å². The van der Waals surface area contributed by atoms with Gasteiger partial charge in [-0.25, -0.2) is 0 Å². The Morgan fingerprint density at radius 2 is 1.69 bits per heavy atom. The number of carbonyl (C=O) groups is 2. The summed E-state index contributed by atoms with van der Waals surface area (Å²) in [6.07, 6.45) is 5.31. The normalized spacial score (nSPS) is 15.1. The Labute approximate surface area is 226 Å². The molecule has 10 nitrogen and oxygen atoms in total. The molecule has 5 rings (SSSR count). The van der Waals surface area contributed by atoms with Gasteiger partial charge in [-0.15, -0.1) is 0 Å². The molecule has 1 aromatic heterocycles. The predicted molar refractivity (Wildman–Crippen MR) is 140 cm³/mol. The Kier molecular flexibility index (Phi) is 7.81. The van der Waals surface area contributed by atoms with Gasteiger partial charge in [-0.1, -0.05) is 18.9 Å². The van der Waals surface area contributed by atoms with Crippen molar-refractivity contribution in [1.29, 1.82) is 0 Å². The molecule has 206 valence electrons. The van der Waals surface area contributed by atoms with Gasteiger partial charge in [-0.05, 0) is 60.4 Å². The topological polar surface area (TPSA) is 109 Å². The number of nitrogens with zero attached hydrogens (tertiary/aromatic N) is 1. The van der Waals surface area contributed by atoms with Gasteiger partial charge in [-0.2, -0.15) is 0 Å². The standard InChI is InChI=1S/C29H32N2O8/c1-34-24-14-19(15-25(35-2)27(24)36-3)26(28(32)30-20-7-4-5-8-20)31(29(33)22-9-6-12-37-22)16-18-10-11-21-23(13-18)39-17-38-21/h6,9-15,20,26H,4-5,7-8,16-17H2,1-3H3,(H,30,32). The highest BCUT2D eigenvalue weighted by Gasteiger charge is 2.36. The molecular weight excluding hydrogens is 504 g/mol. The molecule has 2 amide bonds. The van der Waals surface area contributed by atoms with E-state index in [0.29, 0.717) is 34.3 Å². The fourth-order valence-electron chi connectivity index (χ4n) is 5.14. The highest BCUT2D eigenvalue weighted by atomic mass is 16.7. The van der Waals surface area contributed by atoms with Crippen LogP contribution in [0.4, 0.5) is 0 Å². The van der Waals surface area contributed by atoms with Crippen LogP contribution in [-0.2, 0) is 11.3 Å². The maximum atomic E-state index is 14.1. The Morgan fingerprint density at radius 1 is 0.974 bits per heavy atom. The Morgan fingerprint density at radius 3 is 2.33 bits per heavy atom. The minimum absolute atomic E-state index is 0.0353. The maximum Gasteiger partial charge on any atom is 0.290 e. The second kappa shape index (κ2) is 11.6. The second-order valence-corrected chi connectivity index (χ2v) is 9.45. The number of amides is 2. The van der Waals surface area contributed by atoms with E-state index in [0.717, 1.165) is 31.2 Å². The molecule has 10 heteroatoms. The summed E-state index contributed by atoms with van der Waals surface area (Å²) in [4.78, 5) is 29.5. The first-order valence-electron chi connectivity index (χ1n) is 12.9. The smallest absolute Gasteiger partial charge is 0.290 e. The van der Waals surface area contributed by atoms with Crippen LogP contribution in [0.1, 0.15) is 53.4 Å². The van der Waals surface area contributed by atoms with Gasteiger partial charge in [0.2, 0.25) is 18.4 Å². The van der Waals surface area contributed by atoms with Gasteiger partial charge in [0.1, 0.15) is 6.04 Å². The number of hydrogen-bond donors (Lipinski definition) is 1. The molecule has 1 N–H and O–H groups in total. The number of hydrogen-bond acceptors (Lipinski definition) is 8. The minimum atomic E-state index is -1.04. The van der Waals surface area contributed by atoms with Crippen molar-refractivity contribution in [3.8, 4) is 28.7 Å². The molecule has 1 saturated carbocycles. The lowest BCUT2D eigenvalue weighted by Gasteiger charge is -2.32.